The Labute approximate surface area is 110 Å². The second kappa shape index (κ2) is 4.69. The van der Waals surface area contributed by atoms with Gasteiger partial charge in [-0.2, -0.15) is 0 Å². The van der Waals surface area contributed by atoms with E-state index in [1.807, 2.05) is 12.1 Å². The van der Waals surface area contributed by atoms with E-state index in [1.165, 1.54) is 0 Å². The minimum Gasteiger partial charge on any atom is -0.492 e. The highest BCUT2D eigenvalue weighted by Gasteiger charge is 2.06. The zero-order valence-electron chi connectivity index (χ0n) is 8.18. The van der Waals surface area contributed by atoms with Crippen LogP contribution in [0.2, 0.25) is 0 Å². The van der Waals surface area contributed by atoms with Crippen molar-refractivity contribution in [2.45, 2.75) is 13.3 Å². The minimum absolute atomic E-state index is 0.731. The minimum atomic E-state index is 0.731. The first-order chi connectivity index (χ1) is 7.20. The number of ether oxygens (including phenoxy) is 1. The van der Waals surface area contributed by atoms with Crippen molar-refractivity contribution in [1.82, 2.24) is 9.97 Å². The van der Waals surface area contributed by atoms with Crippen LogP contribution in [0.4, 0.5) is 0 Å². The highest BCUT2D eigenvalue weighted by molar-refractivity contribution is 14.1. The summed E-state index contributed by atoms with van der Waals surface area (Å²) in [7, 11) is 0. The molecule has 15 heavy (non-hydrogen) atoms. The van der Waals surface area contributed by atoms with Crippen molar-refractivity contribution in [3.63, 3.8) is 0 Å². The number of hydrogen-bond donors (Lipinski definition) is 1. The summed E-state index contributed by atoms with van der Waals surface area (Å²) in [5.74, 6) is 0.865. The van der Waals surface area contributed by atoms with Crippen molar-refractivity contribution in [3.8, 4) is 5.75 Å². The molecule has 0 bridgehead atoms. The smallest absolute Gasteiger partial charge is 0.169 e. The van der Waals surface area contributed by atoms with Crippen LogP contribution in [0.25, 0.3) is 11.0 Å². The molecule has 1 aromatic carbocycles. The van der Waals surface area contributed by atoms with E-state index < -0.39 is 0 Å². The van der Waals surface area contributed by atoms with E-state index in [4.69, 9.17) is 4.74 Å². The van der Waals surface area contributed by atoms with Crippen LogP contribution in [-0.2, 0) is 0 Å². The van der Waals surface area contributed by atoms with Gasteiger partial charge in [-0.25, -0.2) is 4.98 Å². The van der Waals surface area contributed by atoms with Crippen LogP contribution in [0.15, 0.2) is 16.6 Å². The molecule has 0 aliphatic carbocycles. The molecule has 0 spiro atoms. The zero-order chi connectivity index (χ0) is 10.8. The van der Waals surface area contributed by atoms with Gasteiger partial charge in [0.05, 0.1) is 22.1 Å². The van der Waals surface area contributed by atoms with Crippen LogP contribution < -0.4 is 4.74 Å². The highest BCUT2D eigenvalue weighted by Crippen LogP contribution is 2.29. The Bertz CT molecular complexity index is 483. The quantitative estimate of drug-likeness (QED) is 0.824. The lowest BCUT2D eigenvalue weighted by Crippen LogP contribution is -1.95. The molecule has 0 saturated carbocycles. The van der Waals surface area contributed by atoms with E-state index in [0.717, 1.165) is 38.1 Å². The maximum atomic E-state index is 5.61. The predicted molar refractivity (Wildman–Crippen MR) is 72.3 cm³/mol. The van der Waals surface area contributed by atoms with Crippen LogP contribution in [0.5, 0.6) is 5.75 Å². The fourth-order valence-electron chi connectivity index (χ4n) is 1.30. The molecule has 0 atom stereocenters. The molecule has 0 saturated heterocycles. The summed E-state index contributed by atoms with van der Waals surface area (Å²) < 4.78 is 7.45. The third-order valence-electron chi connectivity index (χ3n) is 1.97. The first kappa shape index (κ1) is 11.2. The molecule has 80 valence electrons. The average Bonchev–Trinajstić information content (AvgIpc) is 2.53. The number of rotatable bonds is 3. The van der Waals surface area contributed by atoms with E-state index in [0.29, 0.717) is 0 Å². The van der Waals surface area contributed by atoms with Gasteiger partial charge in [-0.1, -0.05) is 6.92 Å². The Kier molecular flexibility index (Phi) is 3.50. The average molecular weight is 381 g/mol. The molecule has 3 nitrogen and oxygen atoms in total. The van der Waals surface area contributed by atoms with Gasteiger partial charge in [-0.15, -0.1) is 0 Å². The van der Waals surface area contributed by atoms with Gasteiger partial charge >= 0.3 is 0 Å². The van der Waals surface area contributed by atoms with E-state index in [2.05, 4.69) is 55.4 Å². The third-order valence-corrected chi connectivity index (χ3v) is 3.10. The molecular formula is C10H10BrIN2O. The molecule has 0 fully saturated rings. The van der Waals surface area contributed by atoms with E-state index in [9.17, 15) is 0 Å². The molecule has 2 aromatic rings. The van der Waals surface area contributed by atoms with Crippen LogP contribution in [0.1, 0.15) is 13.3 Å². The molecule has 0 radical (unpaired) electrons. The zero-order valence-corrected chi connectivity index (χ0v) is 11.9. The molecule has 2 rings (SSSR count). The number of nitrogens with zero attached hydrogens (tertiary/aromatic N) is 1. The van der Waals surface area contributed by atoms with Gasteiger partial charge in [0.1, 0.15) is 5.75 Å². The van der Waals surface area contributed by atoms with Gasteiger partial charge in [0.15, 0.2) is 3.83 Å². The molecule has 0 amide bonds. The number of imidazole rings is 1. The first-order valence-corrected chi connectivity index (χ1v) is 6.55. The summed E-state index contributed by atoms with van der Waals surface area (Å²) in [6.07, 6.45) is 1.00. The molecule has 1 aromatic heterocycles. The topological polar surface area (TPSA) is 37.9 Å². The normalized spacial score (nSPS) is 10.9. The molecule has 0 aliphatic heterocycles. The lowest BCUT2D eigenvalue weighted by atomic mass is 10.3. The predicted octanol–water partition coefficient (Wildman–Crippen LogP) is 3.72. The summed E-state index contributed by atoms with van der Waals surface area (Å²) in [5, 5.41) is 0. The van der Waals surface area contributed by atoms with Crippen molar-refractivity contribution >= 4 is 49.6 Å². The van der Waals surface area contributed by atoms with Gasteiger partial charge in [0, 0.05) is 6.07 Å². The number of H-pyrrole nitrogens is 1. The SMILES string of the molecule is CCCOc1cc2[nH]c(I)nc2cc1Br. The Morgan fingerprint density at radius 3 is 3.07 bits per heavy atom. The Hall–Kier alpha value is -0.300. The van der Waals surface area contributed by atoms with Crippen molar-refractivity contribution < 1.29 is 4.74 Å². The standard InChI is InChI=1S/C10H10BrIN2O/c1-2-3-15-9-5-8-7(4-6(9)11)13-10(12)14-8/h4-5H,2-3H2,1H3,(H,13,14). The Morgan fingerprint density at radius 2 is 2.33 bits per heavy atom. The van der Waals surface area contributed by atoms with Crippen LogP contribution in [0, 0.1) is 3.83 Å². The van der Waals surface area contributed by atoms with E-state index >= 15 is 0 Å². The second-order valence-corrected chi connectivity index (χ2v) is 5.05. The fourth-order valence-corrected chi connectivity index (χ4v) is 2.30. The lowest BCUT2D eigenvalue weighted by molar-refractivity contribution is 0.316. The van der Waals surface area contributed by atoms with Gasteiger partial charge < -0.3 is 9.72 Å². The summed E-state index contributed by atoms with van der Waals surface area (Å²) in [5.41, 5.74) is 1.96. The molecule has 1 heterocycles. The van der Waals surface area contributed by atoms with Gasteiger partial charge in [0.25, 0.3) is 0 Å². The largest absolute Gasteiger partial charge is 0.492 e. The number of fused-ring (bicyclic) bond motifs is 1. The lowest BCUT2D eigenvalue weighted by Gasteiger charge is -2.06. The van der Waals surface area contributed by atoms with E-state index in [1.54, 1.807) is 0 Å². The monoisotopic (exact) mass is 380 g/mol. The van der Waals surface area contributed by atoms with E-state index in [-0.39, 0.29) is 0 Å². The van der Waals surface area contributed by atoms with Crippen molar-refractivity contribution in [3.05, 3.63) is 20.4 Å². The molecule has 1 N–H and O–H groups in total. The Morgan fingerprint density at radius 1 is 1.53 bits per heavy atom. The number of aromatic nitrogens is 2. The molecule has 0 unspecified atom stereocenters. The highest BCUT2D eigenvalue weighted by atomic mass is 127. The van der Waals surface area contributed by atoms with Crippen LogP contribution >= 0.6 is 38.5 Å². The second-order valence-electron chi connectivity index (χ2n) is 3.18. The number of halogens is 2. The number of nitrogens with one attached hydrogen (secondary N) is 1. The van der Waals surface area contributed by atoms with Crippen molar-refractivity contribution in [2.75, 3.05) is 6.61 Å². The number of aromatic amines is 1. The first-order valence-electron chi connectivity index (χ1n) is 4.68. The van der Waals surface area contributed by atoms with Crippen molar-refractivity contribution in [2.24, 2.45) is 0 Å². The molecule has 5 heteroatoms. The van der Waals surface area contributed by atoms with Gasteiger partial charge in [-0.3, -0.25) is 0 Å². The van der Waals surface area contributed by atoms with Crippen molar-refractivity contribution in [1.29, 1.82) is 0 Å². The number of hydrogen-bond acceptors (Lipinski definition) is 2. The molecular weight excluding hydrogens is 371 g/mol. The summed E-state index contributed by atoms with van der Waals surface area (Å²) in [6.45, 7) is 2.82. The summed E-state index contributed by atoms with van der Waals surface area (Å²) in [6, 6.07) is 3.95. The maximum Gasteiger partial charge on any atom is 0.169 e. The van der Waals surface area contributed by atoms with Gasteiger partial charge in [0.2, 0.25) is 0 Å². The molecule has 0 aliphatic rings. The Balaban J connectivity index is 2.42. The maximum absolute atomic E-state index is 5.61. The number of benzene rings is 1. The summed E-state index contributed by atoms with van der Waals surface area (Å²) >= 11 is 5.64. The fraction of sp³-hybridized carbons (Fsp3) is 0.300. The third kappa shape index (κ3) is 2.44. The van der Waals surface area contributed by atoms with Crippen LogP contribution in [-0.4, -0.2) is 16.6 Å². The summed E-state index contributed by atoms with van der Waals surface area (Å²) in [4.78, 5) is 7.52. The van der Waals surface area contributed by atoms with Gasteiger partial charge in [-0.05, 0) is 51.0 Å². The van der Waals surface area contributed by atoms with Crippen LogP contribution in [0.3, 0.4) is 0 Å².